The van der Waals surface area contributed by atoms with Gasteiger partial charge in [-0.3, -0.25) is 14.4 Å². The maximum absolute atomic E-state index is 12.5. The van der Waals surface area contributed by atoms with Crippen LogP contribution in [0.1, 0.15) is 29.3 Å². The van der Waals surface area contributed by atoms with Crippen molar-refractivity contribution >= 4 is 17.2 Å². The molecule has 0 bridgehead atoms. The van der Waals surface area contributed by atoms with Crippen molar-refractivity contribution in [1.29, 1.82) is 0 Å². The third-order valence-corrected chi connectivity index (χ3v) is 5.07. The number of hydrogen-bond acceptors (Lipinski definition) is 4. The number of carbonyl (C=O) groups excluding carboxylic acids is 1. The van der Waals surface area contributed by atoms with Crippen LogP contribution in [0.25, 0.3) is 0 Å². The molecule has 118 valence electrons. The van der Waals surface area contributed by atoms with Crippen LogP contribution in [0.3, 0.4) is 0 Å². The van der Waals surface area contributed by atoms with E-state index in [0.29, 0.717) is 19.1 Å². The summed E-state index contributed by atoms with van der Waals surface area (Å²) in [5.74, 6) is 0.184. The van der Waals surface area contributed by atoms with Gasteiger partial charge in [0.15, 0.2) is 0 Å². The Morgan fingerprint density at radius 1 is 1.55 bits per heavy atom. The molecule has 1 fully saturated rings. The minimum absolute atomic E-state index is 0.184. The van der Waals surface area contributed by atoms with Crippen molar-refractivity contribution in [1.82, 2.24) is 19.6 Å². The molecule has 22 heavy (non-hydrogen) atoms. The molecule has 2 aromatic heterocycles. The molecule has 0 spiro atoms. The lowest BCUT2D eigenvalue weighted by Gasteiger charge is -2.25. The number of aromatic nitrogens is 2. The summed E-state index contributed by atoms with van der Waals surface area (Å²) < 4.78 is 1.83. The van der Waals surface area contributed by atoms with Crippen LogP contribution in [0.5, 0.6) is 0 Å². The zero-order chi connectivity index (χ0) is 15.5. The molecule has 0 saturated carbocycles. The molecule has 3 rings (SSSR count). The summed E-state index contributed by atoms with van der Waals surface area (Å²) in [6.45, 7) is 2.17. The molecule has 1 aliphatic rings. The first kappa shape index (κ1) is 15.2. The number of thiophene rings is 1. The van der Waals surface area contributed by atoms with Gasteiger partial charge in [-0.25, -0.2) is 0 Å². The molecule has 6 heteroatoms. The Morgan fingerprint density at radius 2 is 2.41 bits per heavy atom. The lowest BCUT2D eigenvalue weighted by Crippen LogP contribution is -2.37. The molecule has 1 saturated heterocycles. The average Bonchev–Trinajstić information content (AvgIpc) is 3.20. The van der Waals surface area contributed by atoms with Crippen LogP contribution in [0.15, 0.2) is 29.9 Å². The lowest BCUT2D eigenvalue weighted by atomic mass is 10.1. The fraction of sp³-hybridized carbons (Fsp3) is 0.500. The van der Waals surface area contributed by atoms with Gasteiger partial charge in [0, 0.05) is 36.8 Å². The summed E-state index contributed by atoms with van der Waals surface area (Å²) in [5, 5.41) is 6.30. The van der Waals surface area contributed by atoms with E-state index < -0.39 is 0 Å². The minimum atomic E-state index is 0.184. The van der Waals surface area contributed by atoms with E-state index in [-0.39, 0.29) is 5.91 Å². The minimum Gasteiger partial charge on any atom is -0.340 e. The Labute approximate surface area is 135 Å². The third-order valence-electron chi connectivity index (χ3n) is 4.21. The van der Waals surface area contributed by atoms with E-state index in [4.69, 9.17) is 0 Å². The molecule has 0 N–H and O–H groups in total. The fourth-order valence-corrected chi connectivity index (χ4v) is 3.78. The van der Waals surface area contributed by atoms with Gasteiger partial charge in [0.1, 0.15) is 0 Å². The predicted octanol–water partition coefficient (Wildman–Crippen LogP) is 2.28. The second kappa shape index (κ2) is 6.62. The van der Waals surface area contributed by atoms with E-state index >= 15 is 0 Å². The number of aryl methyl sites for hydroxylation is 1. The lowest BCUT2D eigenvalue weighted by molar-refractivity contribution is -0.131. The van der Waals surface area contributed by atoms with Crippen LogP contribution in [-0.4, -0.2) is 45.6 Å². The van der Waals surface area contributed by atoms with Gasteiger partial charge in [0.05, 0.1) is 19.3 Å². The number of hydrogen-bond donors (Lipinski definition) is 0. The molecule has 3 heterocycles. The van der Waals surface area contributed by atoms with Crippen molar-refractivity contribution in [3.05, 3.63) is 40.3 Å². The van der Waals surface area contributed by atoms with Crippen molar-refractivity contribution in [2.75, 3.05) is 20.1 Å². The van der Waals surface area contributed by atoms with Gasteiger partial charge in [-0.15, -0.1) is 11.3 Å². The molecule has 0 aliphatic carbocycles. The van der Waals surface area contributed by atoms with Crippen LogP contribution in [0.2, 0.25) is 0 Å². The second-order valence-electron chi connectivity index (χ2n) is 5.91. The monoisotopic (exact) mass is 318 g/mol. The molecular formula is C16H22N4OS. The van der Waals surface area contributed by atoms with E-state index in [1.165, 1.54) is 10.4 Å². The van der Waals surface area contributed by atoms with Gasteiger partial charge < -0.3 is 4.90 Å². The molecule has 2 aromatic rings. The van der Waals surface area contributed by atoms with Gasteiger partial charge in [-0.05, 0) is 30.8 Å². The van der Waals surface area contributed by atoms with Crippen molar-refractivity contribution in [3.8, 4) is 0 Å². The van der Waals surface area contributed by atoms with Gasteiger partial charge >= 0.3 is 0 Å². The Hall–Kier alpha value is -1.66. The van der Waals surface area contributed by atoms with Crippen molar-refractivity contribution in [3.63, 3.8) is 0 Å². The Bertz CT molecular complexity index is 622. The summed E-state index contributed by atoms with van der Waals surface area (Å²) >= 11 is 1.69. The van der Waals surface area contributed by atoms with Crippen LogP contribution in [0, 0.1) is 0 Å². The topological polar surface area (TPSA) is 41.4 Å². The molecule has 5 nitrogen and oxygen atoms in total. The summed E-state index contributed by atoms with van der Waals surface area (Å²) in [4.78, 5) is 17.8. The summed E-state index contributed by atoms with van der Waals surface area (Å²) in [5.41, 5.74) is 1.22. The Morgan fingerprint density at radius 3 is 3.09 bits per heavy atom. The number of amides is 1. The first-order valence-electron chi connectivity index (χ1n) is 7.62. The molecule has 0 aromatic carbocycles. The summed E-state index contributed by atoms with van der Waals surface area (Å²) in [6, 6.07) is 4.42. The summed E-state index contributed by atoms with van der Waals surface area (Å²) in [6.07, 6.45) is 6.22. The summed E-state index contributed by atoms with van der Waals surface area (Å²) in [7, 11) is 3.82. The van der Waals surface area contributed by atoms with Crippen LogP contribution in [-0.2, 0) is 18.4 Å². The highest BCUT2D eigenvalue weighted by Gasteiger charge is 2.29. The maximum atomic E-state index is 12.5. The van der Waals surface area contributed by atoms with E-state index in [1.54, 1.807) is 11.3 Å². The smallest absolute Gasteiger partial charge is 0.236 e. The molecule has 0 radical (unpaired) electrons. The van der Waals surface area contributed by atoms with Crippen LogP contribution < -0.4 is 0 Å². The zero-order valence-corrected chi connectivity index (χ0v) is 13.9. The fourth-order valence-electron chi connectivity index (χ4n) is 3.02. The second-order valence-corrected chi connectivity index (χ2v) is 6.94. The molecule has 1 atom stereocenters. The average molecular weight is 318 g/mol. The molecule has 0 unspecified atom stereocenters. The van der Waals surface area contributed by atoms with Crippen molar-refractivity contribution in [2.45, 2.75) is 25.4 Å². The first-order valence-corrected chi connectivity index (χ1v) is 8.50. The predicted molar refractivity (Wildman–Crippen MR) is 87.5 cm³/mol. The van der Waals surface area contributed by atoms with E-state index in [0.717, 1.165) is 19.4 Å². The van der Waals surface area contributed by atoms with Gasteiger partial charge in [0.25, 0.3) is 0 Å². The number of likely N-dealkylation sites (tertiary alicyclic amines) is 1. The highest BCUT2D eigenvalue weighted by molar-refractivity contribution is 7.09. The van der Waals surface area contributed by atoms with E-state index in [9.17, 15) is 4.79 Å². The van der Waals surface area contributed by atoms with Crippen LogP contribution in [0.4, 0.5) is 0 Å². The first-order chi connectivity index (χ1) is 10.6. The highest BCUT2D eigenvalue weighted by Crippen LogP contribution is 2.31. The van der Waals surface area contributed by atoms with Crippen molar-refractivity contribution in [2.24, 2.45) is 7.05 Å². The van der Waals surface area contributed by atoms with E-state index in [1.807, 2.05) is 41.3 Å². The SMILES string of the molecule is CN(Cc1cccs1)C(=O)CN1CCC[C@@H]1c1cnn(C)c1. The zero-order valence-electron chi connectivity index (χ0n) is 13.1. The molecule has 1 aliphatic heterocycles. The maximum Gasteiger partial charge on any atom is 0.236 e. The standard InChI is InChI=1S/C16H22N4OS/c1-18(11-14-5-4-8-22-14)16(21)12-20-7-3-6-15(20)13-9-17-19(2)10-13/h4-5,8-10,15H,3,6-7,11-12H2,1-2H3/t15-/m1/s1. The third kappa shape index (κ3) is 3.39. The van der Waals surface area contributed by atoms with Gasteiger partial charge in [-0.1, -0.05) is 6.07 Å². The highest BCUT2D eigenvalue weighted by atomic mass is 32.1. The van der Waals surface area contributed by atoms with Crippen molar-refractivity contribution < 1.29 is 4.79 Å². The van der Waals surface area contributed by atoms with E-state index in [2.05, 4.69) is 22.3 Å². The number of nitrogens with zero attached hydrogens (tertiary/aromatic N) is 4. The quantitative estimate of drug-likeness (QED) is 0.849. The number of carbonyl (C=O) groups is 1. The Balaban J connectivity index is 1.60. The normalized spacial score (nSPS) is 18.7. The largest absolute Gasteiger partial charge is 0.340 e. The Kier molecular flexibility index (Phi) is 4.59. The number of likely N-dealkylation sites (N-methyl/N-ethyl adjacent to an activating group) is 1. The molecular weight excluding hydrogens is 296 g/mol. The van der Waals surface area contributed by atoms with Crippen LogP contribution >= 0.6 is 11.3 Å². The van der Waals surface area contributed by atoms with Gasteiger partial charge in [-0.2, -0.15) is 5.10 Å². The number of rotatable bonds is 5. The van der Waals surface area contributed by atoms with Gasteiger partial charge in [0.2, 0.25) is 5.91 Å². The molecule has 1 amide bonds.